The number of hydrogen-bond acceptors (Lipinski definition) is 5. The van der Waals surface area contributed by atoms with Crippen molar-refractivity contribution in [1.29, 1.82) is 0 Å². The molecule has 2 aliphatic rings. The van der Waals surface area contributed by atoms with Crippen LogP contribution >= 0.6 is 0 Å². The fourth-order valence-electron chi connectivity index (χ4n) is 7.93. The molecule has 6 aromatic rings. The van der Waals surface area contributed by atoms with E-state index in [1.807, 2.05) is 0 Å². The summed E-state index contributed by atoms with van der Waals surface area (Å²) in [6.45, 7) is 25.1. The van der Waals surface area contributed by atoms with E-state index < -0.39 is 0 Å². The zero-order valence-corrected chi connectivity index (χ0v) is 35.4. The first-order chi connectivity index (χ1) is 25.4. The summed E-state index contributed by atoms with van der Waals surface area (Å²) in [5.74, 6) is 2.55. The number of nitrogens with zero attached hydrogens (tertiary/aromatic N) is 6. The van der Waals surface area contributed by atoms with E-state index in [1.165, 1.54) is 55.9 Å². The van der Waals surface area contributed by atoms with Crippen LogP contribution in [0, 0.1) is 6.67 Å². The van der Waals surface area contributed by atoms with Crippen molar-refractivity contribution in [3.8, 4) is 22.6 Å². The molecule has 4 aromatic carbocycles. The molecule has 283 valence electrons. The Morgan fingerprint density at radius 3 is 1.67 bits per heavy atom. The molecule has 1 radical (unpaired) electrons. The van der Waals surface area contributed by atoms with Gasteiger partial charge in [-0.05, 0) is 97.4 Å². The van der Waals surface area contributed by atoms with Crippen LogP contribution in [-0.4, -0.2) is 15.0 Å². The summed E-state index contributed by atoms with van der Waals surface area (Å²) in [5, 5.41) is 0. The molecule has 1 aliphatic heterocycles. The van der Waals surface area contributed by atoms with Crippen LogP contribution in [-0.2, 0) is 27.8 Å². The third-order valence-corrected chi connectivity index (χ3v) is 10.8. The van der Waals surface area contributed by atoms with Gasteiger partial charge in [0, 0.05) is 51.6 Å². The number of rotatable bonds is 7. The second-order valence-electron chi connectivity index (χ2n) is 16.1. The molecule has 2 aromatic heterocycles. The first-order valence-corrected chi connectivity index (χ1v) is 19.1. The van der Waals surface area contributed by atoms with E-state index in [4.69, 9.17) is 0 Å². The van der Waals surface area contributed by atoms with Crippen molar-refractivity contribution in [3.63, 3.8) is 0 Å². The normalized spacial score (nSPS) is 14.2. The summed E-state index contributed by atoms with van der Waals surface area (Å²) in [5.41, 5.74) is 16.0. The smallest absolute Gasteiger partial charge is 0.0803 e. The van der Waals surface area contributed by atoms with Crippen LogP contribution in [0.3, 0.4) is 0 Å². The van der Waals surface area contributed by atoms with Crippen molar-refractivity contribution in [2.75, 3.05) is 9.80 Å². The molecule has 0 amide bonds. The van der Waals surface area contributed by atoms with Crippen LogP contribution in [0.5, 0.6) is 0 Å². The van der Waals surface area contributed by atoms with Gasteiger partial charge in [0.15, 0.2) is 0 Å². The molecular formula is C47H52AuN6-2. The molecule has 0 spiro atoms. The van der Waals surface area contributed by atoms with Gasteiger partial charge in [-0.2, -0.15) is 0 Å². The number of para-hydroxylation sites is 2. The Kier molecular flexibility index (Phi) is 11.4. The summed E-state index contributed by atoms with van der Waals surface area (Å²) in [7, 11) is 0. The number of hydrogen-bond donors (Lipinski definition) is 0. The average Bonchev–Trinajstić information content (AvgIpc) is 3.86. The van der Waals surface area contributed by atoms with E-state index in [-0.39, 0.29) is 27.8 Å². The summed E-state index contributed by atoms with van der Waals surface area (Å²) in [4.78, 5) is 22.4. The van der Waals surface area contributed by atoms with Gasteiger partial charge in [0.1, 0.15) is 0 Å². The van der Waals surface area contributed by atoms with Crippen molar-refractivity contribution in [2.45, 2.75) is 98.3 Å². The van der Waals surface area contributed by atoms with Crippen molar-refractivity contribution in [3.05, 3.63) is 144 Å². The molecule has 6 nitrogen and oxygen atoms in total. The predicted octanol–water partition coefficient (Wildman–Crippen LogP) is 12.1. The molecule has 7 heteroatoms. The van der Waals surface area contributed by atoms with Gasteiger partial charge in [0.05, 0.1) is 11.9 Å². The van der Waals surface area contributed by atoms with E-state index in [0.29, 0.717) is 35.2 Å². The Balaban J connectivity index is 0.000000183. The maximum absolute atomic E-state index is 4.68. The Labute approximate surface area is 337 Å². The van der Waals surface area contributed by atoms with Crippen LogP contribution in [0.25, 0.3) is 33.7 Å². The fourth-order valence-corrected chi connectivity index (χ4v) is 7.93. The molecule has 3 heterocycles. The van der Waals surface area contributed by atoms with Gasteiger partial charge < -0.3 is 19.8 Å². The van der Waals surface area contributed by atoms with Crippen molar-refractivity contribution < 1.29 is 22.4 Å². The minimum absolute atomic E-state index is 0. The average molecular weight is 898 g/mol. The third-order valence-electron chi connectivity index (χ3n) is 10.8. The third kappa shape index (κ3) is 7.20. The van der Waals surface area contributed by atoms with Crippen molar-refractivity contribution >= 4 is 22.4 Å². The van der Waals surface area contributed by atoms with Gasteiger partial charge in [-0.25, -0.2) is 0 Å². The van der Waals surface area contributed by atoms with Gasteiger partial charge in [-0.3, -0.25) is 9.97 Å². The van der Waals surface area contributed by atoms with Crippen LogP contribution in [0.15, 0.2) is 104 Å². The Morgan fingerprint density at radius 1 is 0.630 bits per heavy atom. The molecule has 54 heavy (non-hydrogen) atoms. The van der Waals surface area contributed by atoms with Crippen LogP contribution in [0.1, 0.15) is 126 Å². The number of benzene rings is 4. The molecule has 0 atom stereocenters. The topological polar surface area (TPSA) is 59.3 Å². The molecule has 0 saturated heterocycles. The monoisotopic (exact) mass is 897 g/mol. The van der Waals surface area contributed by atoms with Gasteiger partial charge in [0.2, 0.25) is 0 Å². The maximum atomic E-state index is 4.68. The summed E-state index contributed by atoms with van der Waals surface area (Å²) in [6.07, 6.45) is 9.44. The quantitative estimate of drug-likeness (QED) is 0.118. The van der Waals surface area contributed by atoms with Gasteiger partial charge in [-0.1, -0.05) is 142 Å². The Morgan fingerprint density at radius 2 is 1.17 bits per heavy atom. The molecule has 1 aliphatic carbocycles. The maximum Gasteiger partial charge on any atom is 0.0803 e. The number of imidazole rings is 1. The molecule has 0 bridgehead atoms. The molecule has 0 unspecified atom stereocenters. The first-order valence-electron chi connectivity index (χ1n) is 19.1. The standard InChI is InChI=1S/C27H37N2.C20H15N4.Au/c1-18(2)22-11-9-12-23(19(3)4)26(22)28-15-16-29(17-28)27-24(20(5)6)13-10-14-25(27)21(7)8;1-20(2)14-6-4-3-5-12(14)13-9-16-17(10-15(13)20)24-19(23-16)18-11-21-7-8-22-18;/h9-21H,1-8H3;3-11H,1-2H3;/q2*-1;. The van der Waals surface area contributed by atoms with E-state index >= 15 is 0 Å². The van der Waals surface area contributed by atoms with Crippen LogP contribution in [0.4, 0.5) is 11.4 Å². The van der Waals surface area contributed by atoms with Gasteiger partial charge in [-0.15, -0.1) is 6.67 Å². The number of fused-ring (bicyclic) bond motifs is 4. The SMILES string of the molecule is CC(C)c1cccc(C(C)C)c1N1C=CN(c2c(C(C)C)cccc2C(C)C)[CH-]1.CC1(C)c2ccccc2-c2cc3nc(-c4cnccn4)[n-]c3cc21.[Au]. The van der Waals surface area contributed by atoms with Crippen LogP contribution in [0.2, 0.25) is 0 Å². The Bertz CT molecular complexity index is 2160. The zero-order valence-electron chi connectivity index (χ0n) is 33.2. The minimum Gasteiger partial charge on any atom is -0.479 e. The minimum atomic E-state index is -0.0220. The van der Waals surface area contributed by atoms with E-state index in [2.05, 4.69) is 191 Å². The fraction of sp³-hybridized carbons (Fsp3) is 0.319. The van der Waals surface area contributed by atoms with Gasteiger partial charge >= 0.3 is 0 Å². The van der Waals surface area contributed by atoms with Crippen LogP contribution < -0.4 is 14.8 Å². The largest absolute Gasteiger partial charge is 0.479 e. The molecule has 0 N–H and O–H groups in total. The van der Waals surface area contributed by atoms with Crippen molar-refractivity contribution in [2.24, 2.45) is 0 Å². The molecule has 0 fully saturated rings. The number of anilines is 2. The predicted molar refractivity (Wildman–Crippen MR) is 221 cm³/mol. The zero-order chi connectivity index (χ0) is 37.6. The second-order valence-corrected chi connectivity index (χ2v) is 16.1. The molecular weight excluding hydrogens is 846 g/mol. The Hall–Kier alpha value is -4.49. The van der Waals surface area contributed by atoms with E-state index in [1.54, 1.807) is 18.6 Å². The second kappa shape index (κ2) is 15.7. The molecule has 0 saturated carbocycles. The number of aromatic nitrogens is 4. The van der Waals surface area contributed by atoms with Gasteiger partial charge in [0.25, 0.3) is 0 Å². The summed E-state index contributed by atoms with van der Waals surface area (Å²) >= 11 is 0. The summed E-state index contributed by atoms with van der Waals surface area (Å²) < 4.78 is 0. The first kappa shape index (κ1) is 39.2. The van der Waals surface area contributed by atoms with E-state index in [9.17, 15) is 0 Å². The van der Waals surface area contributed by atoms with Crippen molar-refractivity contribution in [1.82, 2.24) is 19.9 Å². The summed E-state index contributed by atoms with van der Waals surface area (Å²) in [6, 6.07) is 26.5. The van der Waals surface area contributed by atoms with E-state index in [0.717, 1.165) is 11.0 Å². The molecule has 8 rings (SSSR count).